The van der Waals surface area contributed by atoms with E-state index in [4.69, 9.17) is 4.98 Å². The number of H-pyrrole nitrogens is 1. The number of hydrogen-bond acceptors (Lipinski definition) is 1. The lowest BCUT2D eigenvalue weighted by Gasteiger charge is -2.10. The molecule has 0 aliphatic rings. The summed E-state index contributed by atoms with van der Waals surface area (Å²) < 4.78 is 1.08. The number of fused-ring (bicyclic) bond motifs is 3. The molecular weight excluding hydrogens is 384 g/mol. The first-order valence-corrected chi connectivity index (χ1v) is 9.32. The molecule has 2 nitrogen and oxygen atoms in total. The number of aromatic nitrogens is 2. The van der Waals surface area contributed by atoms with Crippen LogP contribution in [0.25, 0.3) is 44.3 Å². The average Bonchev–Trinajstić information content (AvgIpc) is 3.07. The monoisotopic (exact) mass is 398 g/mol. The topological polar surface area (TPSA) is 28.7 Å². The number of para-hydroxylation sites is 1. The van der Waals surface area contributed by atoms with Crippen LogP contribution < -0.4 is 0 Å². The molecule has 5 aromatic rings. The van der Waals surface area contributed by atoms with E-state index in [2.05, 4.69) is 75.5 Å². The van der Waals surface area contributed by atoms with Crippen molar-refractivity contribution in [2.45, 2.75) is 0 Å². The Bertz CT molecular complexity index is 1240. The summed E-state index contributed by atoms with van der Waals surface area (Å²) in [7, 11) is 0. The second-order valence-corrected chi connectivity index (χ2v) is 7.15. The molecule has 1 N–H and O–H groups in total. The van der Waals surface area contributed by atoms with Crippen molar-refractivity contribution in [3.8, 4) is 22.4 Å². The fourth-order valence-electron chi connectivity index (χ4n) is 3.49. The summed E-state index contributed by atoms with van der Waals surface area (Å²) in [6, 6.07) is 29.2. The summed E-state index contributed by atoms with van der Waals surface area (Å²) in [5.74, 6) is 0. The molecule has 5 rings (SSSR count). The molecule has 2 heterocycles. The van der Waals surface area contributed by atoms with Gasteiger partial charge in [0.15, 0.2) is 0 Å². The number of rotatable bonds is 2. The van der Waals surface area contributed by atoms with Gasteiger partial charge in [0.05, 0.1) is 5.69 Å². The van der Waals surface area contributed by atoms with E-state index in [1.165, 1.54) is 16.5 Å². The molecule has 0 saturated heterocycles. The van der Waals surface area contributed by atoms with Crippen LogP contribution in [0, 0.1) is 0 Å². The minimum absolute atomic E-state index is 0.915. The third-order valence-electron chi connectivity index (χ3n) is 4.70. The van der Waals surface area contributed by atoms with Crippen molar-refractivity contribution in [1.82, 2.24) is 9.97 Å². The highest BCUT2D eigenvalue weighted by molar-refractivity contribution is 9.10. The van der Waals surface area contributed by atoms with Crippen LogP contribution >= 0.6 is 15.9 Å². The third kappa shape index (κ3) is 2.44. The molecule has 26 heavy (non-hydrogen) atoms. The Morgan fingerprint density at radius 3 is 2.31 bits per heavy atom. The molecule has 3 heteroatoms. The molecule has 0 spiro atoms. The summed E-state index contributed by atoms with van der Waals surface area (Å²) in [5.41, 5.74) is 6.45. The van der Waals surface area contributed by atoms with E-state index < -0.39 is 0 Å². The highest BCUT2D eigenvalue weighted by atomic mass is 79.9. The van der Waals surface area contributed by atoms with Crippen molar-refractivity contribution < 1.29 is 0 Å². The smallest absolute Gasteiger partial charge is 0.139 e. The predicted octanol–water partition coefficient (Wildman–Crippen LogP) is 6.81. The Hall–Kier alpha value is -2.91. The lowest BCUT2D eigenvalue weighted by molar-refractivity contribution is 1.34. The highest BCUT2D eigenvalue weighted by Gasteiger charge is 2.15. The van der Waals surface area contributed by atoms with Crippen molar-refractivity contribution in [2.24, 2.45) is 0 Å². The quantitative estimate of drug-likeness (QED) is 0.347. The number of aromatic amines is 1. The van der Waals surface area contributed by atoms with Gasteiger partial charge in [-0.25, -0.2) is 4.98 Å². The zero-order valence-corrected chi connectivity index (χ0v) is 15.5. The normalized spacial score (nSPS) is 11.3. The maximum absolute atomic E-state index is 4.93. The lowest BCUT2D eigenvalue weighted by atomic mass is 9.98. The number of nitrogens with zero attached hydrogens (tertiary/aromatic N) is 1. The van der Waals surface area contributed by atoms with Crippen LogP contribution in [0.15, 0.2) is 89.4 Å². The standard InChI is InChI=1S/C23H15BrN2/c24-19-12-6-4-10-16(19)18-14-21(15-8-2-1-3-9-15)26-23-22(18)17-11-5-7-13-20(17)25-23/h1-14H,(H,25,26). The van der Waals surface area contributed by atoms with E-state index in [0.717, 1.165) is 32.3 Å². The molecule has 0 amide bonds. The number of nitrogens with one attached hydrogen (secondary N) is 1. The Kier molecular flexibility index (Phi) is 3.61. The van der Waals surface area contributed by atoms with E-state index in [1.54, 1.807) is 0 Å². The van der Waals surface area contributed by atoms with Gasteiger partial charge in [0, 0.05) is 26.3 Å². The number of pyridine rings is 1. The Labute approximate surface area is 159 Å². The van der Waals surface area contributed by atoms with E-state index in [0.29, 0.717) is 0 Å². The largest absolute Gasteiger partial charge is 0.339 e. The van der Waals surface area contributed by atoms with Gasteiger partial charge in [-0.15, -0.1) is 0 Å². The maximum Gasteiger partial charge on any atom is 0.139 e. The molecule has 0 unspecified atom stereocenters. The summed E-state index contributed by atoms with van der Waals surface area (Å²) in [6.45, 7) is 0. The van der Waals surface area contributed by atoms with Crippen molar-refractivity contribution in [1.29, 1.82) is 0 Å². The first-order valence-electron chi connectivity index (χ1n) is 8.53. The molecule has 124 valence electrons. The zero-order chi connectivity index (χ0) is 17.5. The van der Waals surface area contributed by atoms with E-state index in [1.807, 2.05) is 30.3 Å². The molecule has 0 fully saturated rings. The molecule has 2 aromatic heterocycles. The van der Waals surface area contributed by atoms with Gasteiger partial charge < -0.3 is 4.98 Å². The van der Waals surface area contributed by atoms with Gasteiger partial charge in [-0.3, -0.25) is 0 Å². The molecule has 0 bridgehead atoms. The minimum Gasteiger partial charge on any atom is -0.339 e. The molecule has 0 aliphatic carbocycles. The van der Waals surface area contributed by atoms with Crippen LogP contribution in [0.5, 0.6) is 0 Å². The number of benzene rings is 3. The van der Waals surface area contributed by atoms with Gasteiger partial charge >= 0.3 is 0 Å². The number of hydrogen-bond donors (Lipinski definition) is 1. The van der Waals surface area contributed by atoms with Gasteiger partial charge in [-0.05, 0) is 29.3 Å². The van der Waals surface area contributed by atoms with Crippen LogP contribution in [0.3, 0.4) is 0 Å². The lowest BCUT2D eigenvalue weighted by Crippen LogP contribution is -1.89. The van der Waals surface area contributed by atoms with Crippen molar-refractivity contribution >= 4 is 37.9 Å². The fraction of sp³-hybridized carbons (Fsp3) is 0. The van der Waals surface area contributed by atoms with Gasteiger partial charge in [0.2, 0.25) is 0 Å². The number of halogens is 1. The van der Waals surface area contributed by atoms with Crippen molar-refractivity contribution in [3.63, 3.8) is 0 Å². The van der Waals surface area contributed by atoms with Gasteiger partial charge in [0.1, 0.15) is 5.65 Å². The van der Waals surface area contributed by atoms with E-state index in [-0.39, 0.29) is 0 Å². The molecule has 0 radical (unpaired) electrons. The van der Waals surface area contributed by atoms with Crippen molar-refractivity contribution in [2.75, 3.05) is 0 Å². The molecule has 3 aromatic carbocycles. The average molecular weight is 399 g/mol. The van der Waals surface area contributed by atoms with E-state index >= 15 is 0 Å². The van der Waals surface area contributed by atoms with Gasteiger partial charge in [-0.1, -0.05) is 82.7 Å². The molecule has 0 aliphatic heterocycles. The van der Waals surface area contributed by atoms with Crippen LogP contribution in [0.1, 0.15) is 0 Å². The van der Waals surface area contributed by atoms with Crippen LogP contribution in [-0.2, 0) is 0 Å². The van der Waals surface area contributed by atoms with Crippen molar-refractivity contribution in [3.05, 3.63) is 89.4 Å². The predicted molar refractivity (Wildman–Crippen MR) is 112 cm³/mol. The molecular formula is C23H15BrN2. The first kappa shape index (κ1) is 15.4. The van der Waals surface area contributed by atoms with E-state index in [9.17, 15) is 0 Å². The van der Waals surface area contributed by atoms with Gasteiger partial charge in [-0.2, -0.15) is 0 Å². The SMILES string of the molecule is Brc1ccccc1-c1cc(-c2ccccc2)nc2[nH]c3ccccc3c12. The Morgan fingerprint density at radius 1 is 0.731 bits per heavy atom. The Balaban J connectivity index is 1.92. The van der Waals surface area contributed by atoms with Gasteiger partial charge in [0.25, 0.3) is 0 Å². The first-order chi connectivity index (χ1) is 12.8. The third-order valence-corrected chi connectivity index (χ3v) is 5.39. The second kappa shape index (κ2) is 6.11. The molecule has 0 saturated carbocycles. The maximum atomic E-state index is 4.93. The molecule has 0 atom stereocenters. The highest BCUT2D eigenvalue weighted by Crippen LogP contribution is 2.39. The van der Waals surface area contributed by atoms with Crippen LogP contribution in [0.2, 0.25) is 0 Å². The summed E-state index contributed by atoms with van der Waals surface area (Å²) in [5, 5.41) is 2.35. The van der Waals surface area contributed by atoms with Crippen LogP contribution in [0.4, 0.5) is 0 Å². The zero-order valence-electron chi connectivity index (χ0n) is 13.9. The Morgan fingerprint density at radius 2 is 1.46 bits per heavy atom. The van der Waals surface area contributed by atoms with Crippen LogP contribution in [-0.4, -0.2) is 9.97 Å². The summed E-state index contributed by atoms with van der Waals surface area (Å²) >= 11 is 3.72. The minimum atomic E-state index is 0.915. The fourth-order valence-corrected chi connectivity index (χ4v) is 3.99. The summed E-state index contributed by atoms with van der Waals surface area (Å²) in [4.78, 5) is 8.42. The second-order valence-electron chi connectivity index (χ2n) is 6.30. The summed E-state index contributed by atoms with van der Waals surface area (Å²) in [6.07, 6.45) is 0.